The average Bonchev–Trinajstić information content (AvgIpc) is 2.85. The fourth-order valence-electron chi connectivity index (χ4n) is 2.65. The van der Waals surface area contributed by atoms with Crippen LogP contribution in [0.3, 0.4) is 0 Å². The smallest absolute Gasteiger partial charge is 0.164 e. The van der Waals surface area contributed by atoms with Gasteiger partial charge in [-0.15, -0.1) is 0 Å². The monoisotopic (exact) mass is 402 g/mol. The fourth-order valence-corrected chi connectivity index (χ4v) is 5.75. The highest BCUT2D eigenvalue weighted by molar-refractivity contribution is 8.16. The van der Waals surface area contributed by atoms with Crippen LogP contribution in [0.1, 0.15) is 26.7 Å². The molecule has 0 bridgehead atoms. The Morgan fingerprint density at radius 1 is 0.783 bits per heavy atom. The third-order valence-electron chi connectivity index (χ3n) is 3.84. The largest absolute Gasteiger partial charge is 0.390 e. The Labute approximate surface area is 157 Å². The molecule has 4 nitrogen and oxygen atoms in total. The lowest BCUT2D eigenvalue weighted by Gasteiger charge is -2.28. The molecule has 1 heterocycles. The van der Waals surface area contributed by atoms with Gasteiger partial charge in [0.1, 0.15) is 12.2 Å². The minimum Gasteiger partial charge on any atom is -0.390 e. The molecule has 0 aromatic heterocycles. The van der Waals surface area contributed by atoms with Crippen molar-refractivity contribution in [2.75, 3.05) is 25.0 Å². The molecule has 0 aliphatic carbocycles. The molecule has 0 spiro atoms. The molecule has 1 aliphatic heterocycles. The van der Waals surface area contributed by atoms with Gasteiger partial charge < -0.3 is 19.7 Å². The first-order valence-electron chi connectivity index (χ1n) is 7.60. The van der Waals surface area contributed by atoms with Crippen LogP contribution in [0.2, 0.25) is 0 Å². The highest BCUT2D eigenvalue weighted by Gasteiger charge is 2.48. The van der Waals surface area contributed by atoms with Crippen molar-refractivity contribution in [2.24, 2.45) is 0 Å². The summed E-state index contributed by atoms with van der Waals surface area (Å²) in [4.78, 5) is 0. The van der Waals surface area contributed by atoms with Gasteiger partial charge in [0.05, 0.1) is 21.4 Å². The average molecular weight is 403 g/mol. The summed E-state index contributed by atoms with van der Waals surface area (Å²) < 4.78 is 12.4. The van der Waals surface area contributed by atoms with Crippen LogP contribution in [0.4, 0.5) is 0 Å². The first-order chi connectivity index (χ1) is 10.8. The first-order valence-corrected chi connectivity index (χ1v) is 12.8. The molecule has 2 N–H and O–H groups in total. The molecule has 8 heteroatoms. The molecule has 1 aliphatic rings. The maximum atomic E-state index is 10.6. The van der Waals surface area contributed by atoms with E-state index < -0.39 is 30.2 Å². The Morgan fingerprint density at radius 3 is 1.35 bits per heavy atom. The van der Waals surface area contributed by atoms with Crippen LogP contribution in [-0.4, -0.2) is 74.6 Å². The molecule has 0 amide bonds. The summed E-state index contributed by atoms with van der Waals surface area (Å²) in [5.74, 6) is -0.778. The fraction of sp³-hybridized carbons (Fsp3) is 1.00. The second kappa shape index (κ2) is 10.4. The molecule has 1 rings (SSSR count). The van der Waals surface area contributed by atoms with Gasteiger partial charge in [0.15, 0.2) is 5.79 Å². The van der Waals surface area contributed by atoms with Gasteiger partial charge in [0, 0.05) is 0 Å². The summed E-state index contributed by atoms with van der Waals surface area (Å²) in [6.45, 7) is 3.67. The normalized spacial score (nSPS) is 26.9. The van der Waals surface area contributed by atoms with Crippen LogP contribution in [-0.2, 0) is 9.47 Å². The number of hydrogen-bond donors (Lipinski definition) is 2. The highest BCUT2D eigenvalue weighted by atomic mass is 32.2. The predicted molar refractivity (Wildman–Crippen MR) is 107 cm³/mol. The van der Waals surface area contributed by atoms with Gasteiger partial charge in [-0.25, -0.2) is 0 Å². The van der Waals surface area contributed by atoms with E-state index in [-0.39, 0.29) is 0 Å². The number of rotatable bonds is 10. The molecule has 0 aromatic rings. The Balaban J connectivity index is 2.77. The Bertz CT molecular complexity index is 307. The van der Waals surface area contributed by atoms with Gasteiger partial charge in [0.2, 0.25) is 0 Å². The second-order valence-electron chi connectivity index (χ2n) is 5.97. The SMILES string of the molecule is CSC(C[C@@H](O)[C@H]1OC(C)(C)O[C@@H]1[C@H](O)CC(SC)SC)SC. The molecular weight excluding hydrogens is 372 g/mol. The third-order valence-corrected chi connectivity index (χ3v) is 9.02. The zero-order chi connectivity index (χ0) is 17.6. The summed E-state index contributed by atoms with van der Waals surface area (Å²) in [7, 11) is 0. The van der Waals surface area contributed by atoms with E-state index in [1.807, 2.05) is 38.9 Å². The highest BCUT2D eigenvalue weighted by Crippen LogP contribution is 2.37. The maximum absolute atomic E-state index is 10.6. The van der Waals surface area contributed by atoms with Crippen LogP contribution >= 0.6 is 47.0 Å². The van der Waals surface area contributed by atoms with Crippen LogP contribution in [0.25, 0.3) is 0 Å². The van der Waals surface area contributed by atoms with Gasteiger partial charge in [-0.05, 0) is 51.7 Å². The Hall–Kier alpha value is 1.24. The van der Waals surface area contributed by atoms with Crippen molar-refractivity contribution in [1.82, 2.24) is 0 Å². The van der Waals surface area contributed by atoms with Crippen LogP contribution < -0.4 is 0 Å². The Kier molecular flexibility index (Phi) is 10.1. The van der Waals surface area contributed by atoms with Crippen molar-refractivity contribution in [3.05, 3.63) is 0 Å². The third kappa shape index (κ3) is 6.81. The van der Waals surface area contributed by atoms with Crippen molar-refractivity contribution in [3.63, 3.8) is 0 Å². The van der Waals surface area contributed by atoms with E-state index >= 15 is 0 Å². The molecule has 0 saturated carbocycles. The van der Waals surface area contributed by atoms with Gasteiger partial charge in [-0.3, -0.25) is 0 Å². The van der Waals surface area contributed by atoms with E-state index in [1.165, 1.54) is 0 Å². The van der Waals surface area contributed by atoms with Crippen molar-refractivity contribution >= 4 is 47.0 Å². The van der Waals surface area contributed by atoms with E-state index in [4.69, 9.17) is 9.47 Å². The number of aliphatic hydroxyl groups is 2. The number of thioether (sulfide) groups is 4. The molecule has 23 heavy (non-hydrogen) atoms. The van der Waals surface area contributed by atoms with E-state index in [0.717, 1.165) is 0 Å². The predicted octanol–water partition coefficient (Wildman–Crippen LogP) is 3.11. The van der Waals surface area contributed by atoms with E-state index in [0.29, 0.717) is 22.0 Å². The molecule has 1 saturated heterocycles. The van der Waals surface area contributed by atoms with Crippen molar-refractivity contribution in [3.8, 4) is 0 Å². The minimum absolute atomic E-state index is 0.306. The summed E-state index contributed by atoms with van der Waals surface area (Å²) in [6.07, 6.45) is 7.10. The van der Waals surface area contributed by atoms with Crippen LogP contribution in [0.5, 0.6) is 0 Å². The topological polar surface area (TPSA) is 58.9 Å². The summed E-state index contributed by atoms with van der Waals surface area (Å²) in [6, 6.07) is 0. The van der Waals surface area contributed by atoms with Crippen molar-refractivity contribution in [1.29, 1.82) is 0 Å². The summed E-state index contributed by atoms with van der Waals surface area (Å²) in [5.41, 5.74) is 0. The lowest BCUT2D eigenvalue weighted by atomic mass is 10.00. The lowest BCUT2D eigenvalue weighted by molar-refractivity contribution is -0.160. The van der Waals surface area contributed by atoms with Gasteiger partial charge >= 0.3 is 0 Å². The van der Waals surface area contributed by atoms with Crippen molar-refractivity contribution < 1.29 is 19.7 Å². The molecular formula is C15H30O4S4. The zero-order valence-electron chi connectivity index (χ0n) is 14.7. The Morgan fingerprint density at radius 2 is 1.09 bits per heavy atom. The summed E-state index contributed by atoms with van der Waals surface area (Å²) >= 11 is 6.89. The number of hydrogen-bond acceptors (Lipinski definition) is 8. The van der Waals surface area contributed by atoms with Crippen molar-refractivity contribution in [2.45, 2.75) is 66.1 Å². The molecule has 1 fully saturated rings. The molecule has 0 unspecified atom stereocenters. The minimum atomic E-state index is -0.778. The van der Waals surface area contributed by atoms with Gasteiger partial charge in [-0.2, -0.15) is 47.0 Å². The molecule has 4 atom stereocenters. The maximum Gasteiger partial charge on any atom is 0.164 e. The molecule has 0 radical (unpaired) electrons. The van der Waals surface area contributed by atoms with E-state index in [1.54, 1.807) is 47.0 Å². The number of aliphatic hydroxyl groups excluding tert-OH is 2. The number of ether oxygens (including phenoxy) is 2. The van der Waals surface area contributed by atoms with Gasteiger partial charge in [-0.1, -0.05) is 0 Å². The zero-order valence-corrected chi connectivity index (χ0v) is 18.0. The van der Waals surface area contributed by atoms with Crippen LogP contribution in [0.15, 0.2) is 0 Å². The molecule has 138 valence electrons. The first kappa shape index (κ1) is 22.3. The van der Waals surface area contributed by atoms with E-state index in [2.05, 4.69) is 0 Å². The van der Waals surface area contributed by atoms with Crippen LogP contribution in [0, 0.1) is 0 Å². The lowest BCUT2D eigenvalue weighted by Crippen LogP contribution is -2.43. The standard InChI is InChI=1S/C15H30O4S4/c1-15(2)18-13(9(16)7-11(20-3)21-4)14(19-15)10(17)8-12(22-5)23-6/h9-14,16-17H,7-8H2,1-6H3/t9-,10-,13-,14-/m1/s1. The molecule has 0 aromatic carbocycles. The van der Waals surface area contributed by atoms with Gasteiger partial charge in [0.25, 0.3) is 0 Å². The second-order valence-corrected chi connectivity index (χ2v) is 10.7. The quantitative estimate of drug-likeness (QED) is 0.541. The summed E-state index contributed by atoms with van der Waals surface area (Å²) in [5, 5.41) is 21.3. The van der Waals surface area contributed by atoms with E-state index in [9.17, 15) is 10.2 Å².